The lowest BCUT2D eigenvalue weighted by Gasteiger charge is -2.18. The van der Waals surface area contributed by atoms with E-state index in [1.165, 1.54) is 16.4 Å². The molecule has 2 aromatic carbocycles. The topological polar surface area (TPSA) is 153 Å². The fraction of sp³-hybridized carbons (Fsp3) is 0.364. The van der Waals surface area contributed by atoms with E-state index in [-0.39, 0.29) is 48.5 Å². The van der Waals surface area contributed by atoms with Gasteiger partial charge < -0.3 is 26.2 Å². The molecule has 11 heteroatoms. The van der Waals surface area contributed by atoms with Gasteiger partial charge in [0.1, 0.15) is 16.4 Å². The zero-order valence-corrected chi connectivity index (χ0v) is 18.7. The summed E-state index contributed by atoms with van der Waals surface area (Å²) in [5, 5.41) is 22.8. The summed E-state index contributed by atoms with van der Waals surface area (Å²) in [5.41, 5.74) is 7.67. The first-order chi connectivity index (χ1) is 15.6. The fourth-order valence-electron chi connectivity index (χ4n) is 4.21. The Morgan fingerprint density at radius 3 is 2.55 bits per heavy atom. The fourth-order valence-corrected chi connectivity index (χ4v) is 5.67. The predicted octanol–water partition coefficient (Wildman–Crippen LogP) is 1.08. The molecule has 2 aliphatic heterocycles. The second kappa shape index (κ2) is 8.91. The molecule has 1 saturated heterocycles. The number of aromatic hydroxyl groups is 2. The monoisotopic (exact) mass is 474 g/mol. The number of hydrogen-bond donors (Lipinski definition) is 4. The first kappa shape index (κ1) is 22.9. The summed E-state index contributed by atoms with van der Waals surface area (Å²) in [7, 11) is -3.94. The Morgan fingerprint density at radius 1 is 1.06 bits per heavy atom. The molecule has 0 aliphatic carbocycles. The first-order valence-corrected chi connectivity index (χ1v) is 12.0. The number of hydrogen-bond acceptors (Lipinski definition) is 7. The second-order valence-corrected chi connectivity index (χ2v) is 10.3. The van der Waals surface area contributed by atoms with Gasteiger partial charge in [-0.25, -0.2) is 8.42 Å². The highest BCUT2D eigenvalue weighted by Crippen LogP contribution is 2.35. The number of phenols is 2. The molecule has 176 valence electrons. The normalized spacial score (nSPS) is 18.3. The number of rotatable bonds is 7. The van der Waals surface area contributed by atoms with Crippen molar-refractivity contribution in [2.24, 2.45) is 5.73 Å². The Kier molecular flexibility index (Phi) is 6.17. The highest BCUT2D eigenvalue weighted by Gasteiger charge is 2.33. The second-order valence-electron chi connectivity index (χ2n) is 8.34. The van der Waals surface area contributed by atoms with Crippen LogP contribution in [0.25, 0.3) is 0 Å². The number of fused-ring (bicyclic) bond motifs is 1. The zero-order chi connectivity index (χ0) is 23.8. The number of carbonyl (C=O) groups is 2. The standard InChI is InChI=1S/C22H26N4O6S/c23-21(29)5-6-22(30)25-8-7-17(13-25)24-16-2-1-14-11-26(12-15(14)9-16)33(31,32)20-4-3-18(27)10-19(20)28/h1-4,9-10,17,24,27-28H,5-8,11-13H2,(H2,23,29)/t17-/m1/s1. The van der Waals surface area contributed by atoms with Crippen LogP contribution in [0.5, 0.6) is 11.5 Å². The van der Waals surface area contributed by atoms with Crippen molar-refractivity contribution in [3.8, 4) is 11.5 Å². The van der Waals surface area contributed by atoms with Crippen LogP contribution in [0.15, 0.2) is 41.3 Å². The Labute approximate surface area is 191 Å². The van der Waals surface area contributed by atoms with Gasteiger partial charge in [0.2, 0.25) is 21.8 Å². The van der Waals surface area contributed by atoms with Gasteiger partial charge in [0.25, 0.3) is 0 Å². The maximum Gasteiger partial charge on any atom is 0.247 e. The number of nitrogens with one attached hydrogen (secondary N) is 1. The van der Waals surface area contributed by atoms with Gasteiger partial charge in [-0.1, -0.05) is 6.07 Å². The Morgan fingerprint density at radius 2 is 1.82 bits per heavy atom. The van der Waals surface area contributed by atoms with Crippen molar-refractivity contribution in [2.45, 2.75) is 43.3 Å². The molecule has 0 unspecified atom stereocenters. The van der Waals surface area contributed by atoms with Crippen molar-refractivity contribution in [1.82, 2.24) is 9.21 Å². The van der Waals surface area contributed by atoms with Gasteiger partial charge in [-0.15, -0.1) is 0 Å². The molecule has 2 aliphatic rings. The van der Waals surface area contributed by atoms with Crippen molar-refractivity contribution in [2.75, 3.05) is 18.4 Å². The molecule has 33 heavy (non-hydrogen) atoms. The molecule has 0 aromatic heterocycles. The zero-order valence-electron chi connectivity index (χ0n) is 17.9. The number of likely N-dealkylation sites (tertiary alicyclic amines) is 1. The summed E-state index contributed by atoms with van der Waals surface area (Å²) in [6.07, 6.45) is 0.918. The molecule has 1 fully saturated rings. The van der Waals surface area contributed by atoms with Gasteiger partial charge in [0.05, 0.1) is 0 Å². The molecule has 0 spiro atoms. The number of carbonyl (C=O) groups excluding carboxylic acids is 2. The van der Waals surface area contributed by atoms with E-state index in [2.05, 4.69) is 5.32 Å². The summed E-state index contributed by atoms with van der Waals surface area (Å²) >= 11 is 0. The van der Waals surface area contributed by atoms with Crippen molar-refractivity contribution < 1.29 is 28.2 Å². The molecule has 0 saturated carbocycles. The molecular weight excluding hydrogens is 448 g/mol. The summed E-state index contributed by atoms with van der Waals surface area (Å²) in [6, 6.07) is 9.11. The Hall–Kier alpha value is -3.31. The molecule has 2 heterocycles. The number of nitrogens with two attached hydrogens (primary N) is 1. The average molecular weight is 475 g/mol. The highest BCUT2D eigenvalue weighted by atomic mass is 32.2. The van der Waals surface area contributed by atoms with Crippen LogP contribution in [0.3, 0.4) is 0 Å². The van der Waals surface area contributed by atoms with Gasteiger partial charge in [-0.2, -0.15) is 4.31 Å². The van der Waals surface area contributed by atoms with E-state index in [1.54, 1.807) is 4.90 Å². The van der Waals surface area contributed by atoms with Crippen molar-refractivity contribution in [3.05, 3.63) is 47.5 Å². The van der Waals surface area contributed by atoms with Gasteiger partial charge in [0.15, 0.2) is 0 Å². The van der Waals surface area contributed by atoms with Crippen LogP contribution < -0.4 is 11.1 Å². The van der Waals surface area contributed by atoms with Crippen molar-refractivity contribution in [3.63, 3.8) is 0 Å². The van der Waals surface area contributed by atoms with E-state index in [0.717, 1.165) is 29.3 Å². The molecular formula is C22H26N4O6S. The highest BCUT2D eigenvalue weighted by molar-refractivity contribution is 7.89. The predicted molar refractivity (Wildman–Crippen MR) is 120 cm³/mol. The third kappa shape index (κ3) is 4.88. The van der Waals surface area contributed by atoms with E-state index in [0.29, 0.717) is 13.1 Å². The van der Waals surface area contributed by atoms with E-state index in [1.807, 2.05) is 18.2 Å². The lowest BCUT2D eigenvalue weighted by molar-refractivity contribution is -0.132. The number of primary amides is 1. The van der Waals surface area contributed by atoms with Gasteiger partial charge in [-0.3, -0.25) is 9.59 Å². The maximum atomic E-state index is 13.0. The average Bonchev–Trinajstić information content (AvgIpc) is 3.39. The quantitative estimate of drug-likeness (QED) is 0.468. The van der Waals surface area contributed by atoms with E-state index < -0.39 is 21.7 Å². The van der Waals surface area contributed by atoms with E-state index >= 15 is 0 Å². The van der Waals surface area contributed by atoms with Gasteiger partial charge in [-0.05, 0) is 41.8 Å². The van der Waals surface area contributed by atoms with Crippen LogP contribution in [0.1, 0.15) is 30.4 Å². The number of anilines is 1. The molecule has 0 bridgehead atoms. The third-order valence-electron chi connectivity index (χ3n) is 5.96. The van der Waals surface area contributed by atoms with Crippen LogP contribution in [0.4, 0.5) is 5.69 Å². The van der Waals surface area contributed by atoms with Gasteiger partial charge in [0, 0.05) is 56.8 Å². The number of sulfonamides is 1. The van der Waals surface area contributed by atoms with Crippen LogP contribution in [-0.4, -0.2) is 58.8 Å². The minimum absolute atomic E-state index is 0.0412. The van der Waals surface area contributed by atoms with Crippen molar-refractivity contribution >= 4 is 27.5 Å². The molecule has 1 atom stereocenters. The molecule has 2 aromatic rings. The number of benzene rings is 2. The van der Waals surface area contributed by atoms with E-state index in [4.69, 9.17) is 5.73 Å². The van der Waals surface area contributed by atoms with Crippen LogP contribution in [-0.2, 0) is 32.7 Å². The lowest BCUT2D eigenvalue weighted by Crippen LogP contribution is -2.32. The minimum atomic E-state index is -3.94. The lowest BCUT2D eigenvalue weighted by atomic mass is 10.1. The summed E-state index contributed by atoms with van der Waals surface area (Å²) in [5.74, 6) is -1.30. The molecule has 4 rings (SSSR count). The maximum absolute atomic E-state index is 13.0. The molecule has 5 N–H and O–H groups in total. The van der Waals surface area contributed by atoms with Gasteiger partial charge >= 0.3 is 0 Å². The Bertz CT molecular complexity index is 1200. The van der Waals surface area contributed by atoms with Crippen molar-refractivity contribution in [1.29, 1.82) is 0 Å². The Balaban J connectivity index is 1.40. The van der Waals surface area contributed by atoms with Crippen LogP contribution >= 0.6 is 0 Å². The SMILES string of the molecule is NC(=O)CCC(=O)N1CC[C@@H](Nc2ccc3c(c2)CN(S(=O)(=O)c2ccc(O)cc2O)C3)C1. The largest absolute Gasteiger partial charge is 0.508 e. The van der Waals surface area contributed by atoms with Crippen LogP contribution in [0.2, 0.25) is 0 Å². The van der Waals surface area contributed by atoms with E-state index in [9.17, 15) is 28.2 Å². The number of nitrogens with zero attached hydrogens (tertiary/aromatic N) is 2. The smallest absolute Gasteiger partial charge is 0.247 e. The molecule has 2 amide bonds. The third-order valence-corrected chi connectivity index (χ3v) is 7.80. The number of amides is 2. The van der Waals surface area contributed by atoms with Crippen LogP contribution in [0, 0.1) is 0 Å². The summed E-state index contributed by atoms with van der Waals surface area (Å²) < 4.78 is 27.3. The summed E-state index contributed by atoms with van der Waals surface area (Å²) in [6.45, 7) is 1.47. The molecule has 10 nitrogen and oxygen atoms in total. The first-order valence-electron chi connectivity index (χ1n) is 10.6. The molecule has 0 radical (unpaired) electrons. The number of phenolic OH excluding ortho intramolecular Hbond substituents is 2. The minimum Gasteiger partial charge on any atom is -0.508 e. The summed E-state index contributed by atoms with van der Waals surface area (Å²) in [4.78, 5) is 24.5.